The third kappa shape index (κ3) is 8.23. The summed E-state index contributed by atoms with van der Waals surface area (Å²) in [7, 11) is 4.11. The summed E-state index contributed by atoms with van der Waals surface area (Å²) in [4.78, 5) is 9.40. The molecule has 0 saturated heterocycles. The smallest absolute Gasteiger partial charge is 0.191 e. The van der Waals surface area contributed by atoms with E-state index in [1.165, 1.54) is 6.42 Å². The van der Waals surface area contributed by atoms with E-state index >= 15 is 0 Å². The van der Waals surface area contributed by atoms with Crippen LogP contribution in [0.3, 0.4) is 0 Å². The molecule has 0 aliphatic heterocycles. The van der Waals surface area contributed by atoms with Gasteiger partial charge in [0.15, 0.2) is 5.96 Å². The molecule has 0 fully saturated rings. The number of furan rings is 1. The molecule has 0 amide bonds. The van der Waals surface area contributed by atoms with Crippen molar-refractivity contribution < 1.29 is 4.42 Å². The van der Waals surface area contributed by atoms with Crippen LogP contribution in [0.2, 0.25) is 0 Å². The van der Waals surface area contributed by atoms with E-state index in [1.807, 2.05) is 12.1 Å². The fourth-order valence-electron chi connectivity index (χ4n) is 2.95. The maximum atomic E-state index is 5.57. The Labute approximate surface area is 160 Å². The predicted octanol–water partition coefficient (Wildman–Crippen LogP) is 2.95. The SMILES string of the molecule is CCNC(=NCC(c1ccco1)N(C)C)NC(C)CCCN(CC)CC. The van der Waals surface area contributed by atoms with E-state index in [0.29, 0.717) is 12.6 Å². The highest BCUT2D eigenvalue weighted by Gasteiger charge is 2.17. The molecular formula is C20H39N5O. The molecule has 0 aliphatic rings. The minimum atomic E-state index is 0.137. The first-order valence-electron chi connectivity index (χ1n) is 9.98. The molecule has 0 aliphatic carbocycles. The van der Waals surface area contributed by atoms with Crippen LogP contribution in [0, 0.1) is 0 Å². The summed E-state index contributed by atoms with van der Waals surface area (Å²) in [6, 6.07) is 4.47. The van der Waals surface area contributed by atoms with Gasteiger partial charge < -0.3 is 20.0 Å². The first kappa shape index (κ1) is 22.5. The summed E-state index contributed by atoms with van der Waals surface area (Å²) in [5, 5.41) is 6.89. The minimum Gasteiger partial charge on any atom is -0.468 e. The second-order valence-corrected chi connectivity index (χ2v) is 6.93. The predicted molar refractivity (Wildman–Crippen MR) is 111 cm³/mol. The van der Waals surface area contributed by atoms with E-state index in [9.17, 15) is 0 Å². The Morgan fingerprint density at radius 3 is 2.50 bits per heavy atom. The van der Waals surface area contributed by atoms with E-state index in [-0.39, 0.29) is 6.04 Å². The van der Waals surface area contributed by atoms with Crippen molar-refractivity contribution in [2.75, 3.05) is 46.8 Å². The van der Waals surface area contributed by atoms with Crippen LogP contribution in [0.25, 0.3) is 0 Å². The van der Waals surface area contributed by atoms with Crippen LogP contribution in [0.5, 0.6) is 0 Å². The molecule has 6 nitrogen and oxygen atoms in total. The number of aliphatic imine (C=N–C) groups is 1. The number of rotatable bonds is 12. The zero-order chi connectivity index (χ0) is 19.4. The molecule has 2 atom stereocenters. The molecule has 1 heterocycles. The van der Waals surface area contributed by atoms with Crippen molar-refractivity contribution in [2.24, 2.45) is 4.99 Å². The Morgan fingerprint density at radius 1 is 1.23 bits per heavy atom. The Bertz CT molecular complexity index is 482. The lowest BCUT2D eigenvalue weighted by Gasteiger charge is -2.23. The third-order valence-electron chi connectivity index (χ3n) is 4.65. The van der Waals surface area contributed by atoms with Crippen molar-refractivity contribution in [3.8, 4) is 0 Å². The molecule has 2 N–H and O–H groups in total. The summed E-state index contributed by atoms with van der Waals surface area (Å²) >= 11 is 0. The molecular weight excluding hydrogens is 326 g/mol. The largest absolute Gasteiger partial charge is 0.468 e. The molecule has 2 unspecified atom stereocenters. The third-order valence-corrected chi connectivity index (χ3v) is 4.65. The summed E-state index contributed by atoms with van der Waals surface area (Å²) in [5.74, 6) is 1.82. The normalized spacial score (nSPS) is 14.7. The Kier molecular flexibility index (Phi) is 11.1. The molecule has 6 heteroatoms. The van der Waals surface area contributed by atoms with Gasteiger partial charge in [0.25, 0.3) is 0 Å². The van der Waals surface area contributed by atoms with E-state index in [1.54, 1.807) is 6.26 Å². The molecule has 0 saturated carbocycles. The minimum absolute atomic E-state index is 0.137. The lowest BCUT2D eigenvalue weighted by molar-refractivity contribution is 0.264. The molecule has 0 bridgehead atoms. The van der Waals surface area contributed by atoms with Gasteiger partial charge in [-0.25, -0.2) is 0 Å². The topological polar surface area (TPSA) is 56.0 Å². The molecule has 0 radical (unpaired) electrons. The van der Waals surface area contributed by atoms with Crippen molar-refractivity contribution in [1.29, 1.82) is 0 Å². The number of likely N-dealkylation sites (N-methyl/N-ethyl adjacent to an activating group) is 1. The standard InChI is InChI=1S/C20H39N5O/c1-7-21-20(23-17(4)12-10-14-25(8-2)9-3)22-16-18(24(5)6)19-13-11-15-26-19/h11,13,15,17-18H,7-10,12,14,16H2,1-6H3,(H2,21,22,23). The molecule has 1 aromatic heterocycles. The number of hydrogen-bond acceptors (Lipinski definition) is 4. The fourth-order valence-corrected chi connectivity index (χ4v) is 2.95. The summed E-state index contributed by atoms with van der Waals surface area (Å²) in [5.41, 5.74) is 0. The quantitative estimate of drug-likeness (QED) is 0.441. The van der Waals surface area contributed by atoms with Crippen LogP contribution in [0.15, 0.2) is 27.8 Å². The van der Waals surface area contributed by atoms with Crippen LogP contribution in [-0.4, -0.2) is 68.6 Å². The molecule has 0 aromatic carbocycles. The van der Waals surface area contributed by atoms with Gasteiger partial charge in [-0.05, 0) is 72.6 Å². The molecule has 26 heavy (non-hydrogen) atoms. The van der Waals surface area contributed by atoms with E-state index in [4.69, 9.17) is 9.41 Å². The summed E-state index contributed by atoms with van der Waals surface area (Å²) in [6.45, 7) is 13.7. The van der Waals surface area contributed by atoms with Crippen molar-refractivity contribution in [3.05, 3.63) is 24.2 Å². The van der Waals surface area contributed by atoms with Crippen LogP contribution in [0.1, 0.15) is 52.3 Å². The highest BCUT2D eigenvalue weighted by molar-refractivity contribution is 5.80. The Balaban J connectivity index is 2.56. The van der Waals surface area contributed by atoms with Gasteiger partial charge in [-0.2, -0.15) is 0 Å². The molecule has 0 spiro atoms. The number of nitrogens with one attached hydrogen (secondary N) is 2. The molecule has 150 valence electrons. The van der Waals surface area contributed by atoms with Gasteiger partial charge in [0.1, 0.15) is 5.76 Å². The summed E-state index contributed by atoms with van der Waals surface area (Å²) in [6.07, 6.45) is 4.05. The second kappa shape index (κ2) is 12.8. The van der Waals surface area contributed by atoms with Crippen molar-refractivity contribution in [1.82, 2.24) is 20.4 Å². The van der Waals surface area contributed by atoms with E-state index < -0.39 is 0 Å². The van der Waals surface area contributed by atoms with Crippen LogP contribution in [-0.2, 0) is 0 Å². The Hall–Kier alpha value is -1.53. The zero-order valence-corrected chi connectivity index (χ0v) is 17.6. The van der Waals surface area contributed by atoms with Gasteiger partial charge in [-0.1, -0.05) is 13.8 Å². The zero-order valence-electron chi connectivity index (χ0n) is 17.6. The van der Waals surface area contributed by atoms with Gasteiger partial charge >= 0.3 is 0 Å². The Morgan fingerprint density at radius 2 is 1.96 bits per heavy atom. The first-order chi connectivity index (χ1) is 12.5. The van der Waals surface area contributed by atoms with Gasteiger partial charge in [0.05, 0.1) is 18.8 Å². The second-order valence-electron chi connectivity index (χ2n) is 6.93. The molecule has 1 aromatic rings. The monoisotopic (exact) mass is 365 g/mol. The summed E-state index contributed by atoms with van der Waals surface area (Å²) < 4.78 is 5.57. The average Bonchev–Trinajstić information content (AvgIpc) is 3.13. The number of hydrogen-bond donors (Lipinski definition) is 2. The lowest BCUT2D eigenvalue weighted by atomic mass is 10.2. The van der Waals surface area contributed by atoms with Gasteiger partial charge in [0, 0.05) is 12.6 Å². The van der Waals surface area contributed by atoms with Crippen molar-refractivity contribution in [3.63, 3.8) is 0 Å². The van der Waals surface area contributed by atoms with Crippen LogP contribution < -0.4 is 10.6 Å². The van der Waals surface area contributed by atoms with E-state index in [0.717, 1.165) is 44.3 Å². The van der Waals surface area contributed by atoms with Crippen molar-refractivity contribution >= 4 is 5.96 Å². The van der Waals surface area contributed by atoms with Crippen LogP contribution in [0.4, 0.5) is 0 Å². The fraction of sp³-hybridized carbons (Fsp3) is 0.750. The van der Waals surface area contributed by atoms with Crippen molar-refractivity contribution in [2.45, 2.75) is 52.6 Å². The molecule has 1 rings (SSSR count). The number of nitrogens with zero attached hydrogens (tertiary/aromatic N) is 3. The van der Waals surface area contributed by atoms with Gasteiger partial charge in [-0.15, -0.1) is 0 Å². The van der Waals surface area contributed by atoms with E-state index in [2.05, 4.69) is 62.2 Å². The maximum Gasteiger partial charge on any atom is 0.191 e. The average molecular weight is 366 g/mol. The lowest BCUT2D eigenvalue weighted by Crippen LogP contribution is -2.43. The maximum absolute atomic E-state index is 5.57. The van der Waals surface area contributed by atoms with Gasteiger partial charge in [0.2, 0.25) is 0 Å². The highest BCUT2D eigenvalue weighted by Crippen LogP contribution is 2.18. The van der Waals surface area contributed by atoms with Crippen LogP contribution >= 0.6 is 0 Å². The first-order valence-corrected chi connectivity index (χ1v) is 9.98. The van der Waals surface area contributed by atoms with Gasteiger partial charge in [-0.3, -0.25) is 9.89 Å². The number of guanidine groups is 1. The highest BCUT2D eigenvalue weighted by atomic mass is 16.3.